The predicted molar refractivity (Wildman–Crippen MR) is 83.1 cm³/mol. The van der Waals surface area contributed by atoms with Crippen LogP contribution in [0, 0.1) is 11.3 Å². The van der Waals surface area contributed by atoms with Crippen LogP contribution in [0.5, 0.6) is 0 Å². The summed E-state index contributed by atoms with van der Waals surface area (Å²) >= 11 is 1.29. The maximum absolute atomic E-state index is 11.6. The van der Waals surface area contributed by atoms with Crippen molar-refractivity contribution in [3.05, 3.63) is 33.4 Å². The molecule has 0 radical (unpaired) electrons. The minimum Gasteiger partial charge on any atom is -0.302 e. The van der Waals surface area contributed by atoms with Gasteiger partial charge in [0, 0.05) is 13.6 Å². The molecule has 0 saturated heterocycles. The molecule has 1 aromatic carbocycles. The van der Waals surface area contributed by atoms with Crippen molar-refractivity contribution < 1.29 is 0 Å². The lowest BCUT2D eigenvalue weighted by atomic mass is 10.1. The molecule has 1 aromatic heterocycles. The van der Waals surface area contributed by atoms with Crippen LogP contribution in [-0.4, -0.2) is 29.1 Å². The summed E-state index contributed by atoms with van der Waals surface area (Å²) < 4.78 is 2.72. The van der Waals surface area contributed by atoms with Gasteiger partial charge in [0.25, 0.3) is 0 Å². The van der Waals surface area contributed by atoms with E-state index in [0.717, 1.165) is 36.1 Å². The summed E-state index contributed by atoms with van der Waals surface area (Å²) in [4.78, 5) is 13.9. The molecule has 0 saturated carbocycles. The zero-order valence-electron chi connectivity index (χ0n) is 11.9. The van der Waals surface area contributed by atoms with Crippen molar-refractivity contribution in [2.24, 2.45) is 7.05 Å². The van der Waals surface area contributed by atoms with Gasteiger partial charge in [0.05, 0.1) is 22.8 Å². The van der Waals surface area contributed by atoms with E-state index in [1.807, 2.05) is 6.07 Å². The number of nitriles is 1. The lowest BCUT2D eigenvalue weighted by Crippen LogP contribution is -2.27. The third kappa shape index (κ3) is 3.27. The van der Waals surface area contributed by atoms with Gasteiger partial charge in [-0.25, -0.2) is 0 Å². The predicted octanol–water partition coefficient (Wildman–Crippen LogP) is 2.38. The topological polar surface area (TPSA) is 49.0 Å². The molecule has 5 heteroatoms. The zero-order chi connectivity index (χ0) is 14.5. The van der Waals surface area contributed by atoms with Gasteiger partial charge in [0.15, 0.2) is 0 Å². The number of hydrogen-bond acceptors (Lipinski definition) is 4. The first-order chi connectivity index (χ1) is 9.65. The minimum absolute atomic E-state index is 0.0780. The lowest BCUT2D eigenvalue weighted by molar-refractivity contribution is 0.310. The maximum Gasteiger partial charge on any atom is 0.307 e. The molecule has 0 aliphatic heterocycles. The van der Waals surface area contributed by atoms with Gasteiger partial charge in [0.1, 0.15) is 0 Å². The number of aromatic nitrogens is 1. The smallest absolute Gasteiger partial charge is 0.302 e. The van der Waals surface area contributed by atoms with E-state index in [0.29, 0.717) is 6.54 Å². The molecule has 0 spiro atoms. The molecule has 0 amide bonds. The molecule has 0 unspecified atom stereocenters. The lowest BCUT2D eigenvalue weighted by Gasteiger charge is -2.17. The molecule has 0 bridgehead atoms. The largest absolute Gasteiger partial charge is 0.307 e. The van der Waals surface area contributed by atoms with Crippen molar-refractivity contribution in [1.29, 1.82) is 5.26 Å². The van der Waals surface area contributed by atoms with Crippen LogP contribution in [0.15, 0.2) is 23.0 Å². The Morgan fingerprint density at radius 2 is 2.20 bits per heavy atom. The van der Waals surface area contributed by atoms with E-state index in [2.05, 4.69) is 30.0 Å². The molecule has 1 heterocycles. The van der Waals surface area contributed by atoms with E-state index in [1.165, 1.54) is 16.9 Å². The highest BCUT2D eigenvalue weighted by atomic mass is 32.1. The molecule has 0 aliphatic rings. The highest BCUT2D eigenvalue weighted by Crippen LogP contribution is 2.18. The Hall–Kier alpha value is -1.64. The van der Waals surface area contributed by atoms with E-state index in [1.54, 1.807) is 11.6 Å². The third-order valence-electron chi connectivity index (χ3n) is 3.41. The molecule has 0 N–H and O–H groups in total. The first kappa shape index (κ1) is 14.8. The second-order valence-electron chi connectivity index (χ2n) is 4.91. The normalized spacial score (nSPS) is 11.1. The van der Waals surface area contributed by atoms with Crippen molar-refractivity contribution in [3.8, 4) is 6.07 Å². The molecule has 20 heavy (non-hydrogen) atoms. The van der Waals surface area contributed by atoms with Gasteiger partial charge in [-0.05, 0) is 37.1 Å². The fourth-order valence-electron chi connectivity index (χ4n) is 2.31. The highest BCUT2D eigenvalue weighted by Gasteiger charge is 2.07. The van der Waals surface area contributed by atoms with Gasteiger partial charge in [-0.1, -0.05) is 24.3 Å². The van der Waals surface area contributed by atoms with Crippen LogP contribution in [0.3, 0.4) is 0 Å². The average molecular weight is 289 g/mol. The fourth-order valence-corrected chi connectivity index (χ4v) is 3.25. The summed E-state index contributed by atoms with van der Waals surface area (Å²) in [6.45, 7) is 4.44. The summed E-state index contributed by atoms with van der Waals surface area (Å²) in [6.07, 6.45) is 1.97. The van der Waals surface area contributed by atoms with Crippen molar-refractivity contribution in [1.82, 2.24) is 9.47 Å². The van der Waals surface area contributed by atoms with Gasteiger partial charge < -0.3 is 4.57 Å². The Bertz CT molecular complexity index is 680. The average Bonchev–Trinajstić information content (AvgIpc) is 2.72. The molecule has 106 valence electrons. The number of thiazole rings is 1. The molecular formula is C15H19N3OS. The van der Waals surface area contributed by atoms with Crippen LogP contribution in [0.4, 0.5) is 0 Å². The summed E-state index contributed by atoms with van der Waals surface area (Å²) in [5.74, 6) is 0. The first-order valence-corrected chi connectivity index (χ1v) is 7.65. The van der Waals surface area contributed by atoms with Crippen LogP contribution >= 0.6 is 11.3 Å². The Kier molecular flexibility index (Phi) is 4.94. The summed E-state index contributed by atoms with van der Waals surface area (Å²) in [6, 6.07) is 8.39. The van der Waals surface area contributed by atoms with Crippen molar-refractivity contribution in [2.45, 2.75) is 19.8 Å². The first-order valence-electron chi connectivity index (χ1n) is 6.83. The van der Waals surface area contributed by atoms with Crippen molar-refractivity contribution in [3.63, 3.8) is 0 Å². The number of hydrogen-bond donors (Lipinski definition) is 0. The Morgan fingerprint density at radius 3 is 2.90 bits per heavy atom. The number of fused-ring (bicyclic) bond motifs is 1. The molecule has 0 fully saturated rings. The maximum atomic E-state index is 11.6. The third-order valence-corrected chi connectivity index (χ3v) is 4.40. The second kappa shape index (κ2) is 6.69. The van der Waals surface area contributed by atoms with E-state index in [4.69, 9.17) is 5.26 Å². The fraction of sp³-hybridized carbons (Fsp3) is 0.467. The Labute approximate surface area is 122 Å². The van der Waals surface area contributed by atoms with Crippen molar-refractivity contribution in [2.75, 3.05) is 19.6 Å². The van der Waals surface area contributed by atoms with Gasteiger partial charge in [0.2, 0.25) is 0 Å². The SMILES string of the molecule is CCCN(CC#N)CCc1ccc2c(c1)sc(=O)n2C. The van der Waals surface area contributed by atoms with Gasteiger partial charge in [-0.2, -0.15) is 5.26 Å². The Morgan fingerprint density at radius 1 is 1.40 bits per heavy atom. The minimum atomic E-state index is 0.0780. The van der Waals surface area contributed by atoms with Crippen LogP contribution in [0.2, 0.25) is 0 Å². The van der Waals surface area contributed by atoms with Gasteiger partial charge in [-0.15, -0.1) is 0 Å². The van der Waals surface area contributed by atoms with E-state index in [-0.39, 0.29) is 4.87 Å². The van der Waals surface area contributed by atoms with E-state index < -0.39 is 0 Å². The summed E-state index contributed by atoms with van der Waals surface area (Å²) in [5, 5.41) is 8.81. The summed E-state index contributed by atoms with van der Waals surface area (Å²) in [5.41, 5.74) is 2.21. The van der Waals surface area contributed by atoms with E-state index >= 15 is 0 Å². The van der Waals surface area contributed by atoms with Gasteiger partial charge >= 0.3 is 4.87 Å². The second-order valence-corrected chi connectivity index (χ2v) is 5.91. The summed E-state index contributed by atoms with van der Waals surface area (Å²) in [7, 11) is 1.80. The monoisotopic (exact) mass is 289 g/mol. The highest BCUT2D eigenvalue weighted by molar-refractivity contribution is 7.16. The van der Waals surface area contributed by atoms with Gasteiger partial charge in [-0.3, -0.25) is 9.69 Å². The number of benzene rings is 1. The van der Waals surface area contributed by atoms with Crippen LogP contribution in [-0.2, 0) is 13.5 Å². The zero-order valence-corrected chi connectivity index (χ0v) is 12.7. The molecular weight excluding hydrogens is 270 g/mol. The quantitative estimate of drug-likeness (QED) is 0.767. The molecule has 0 aliphatic carbocycles. The molecule has 0 atom stereocenters. The number of nitrogens with zero attached hydrogens (tertiary/aromatic N) is 3. The molecule has 2 rings (SSSR count). The van der Waals surface area contributed by atoms with E-state index in [9.17, 15) is 4.79 Å². The van der Waals surface area contributed by atoms with Crippen LogP contribution in [0.25, 0.3) is 10.2 Å². The Balaban J connectivity index is 2.10. The molecule has 2 aromatic rings. The van der Waals surface area contributed by atoms with Crippen LogP contribution < -0.4 is 4.87 Å². The standard InChI is InChI=1S/C15H19N3OS/c1-3-8-18(10-7-16)9-6-12-4-5-13-14(11-12)20-15(19)17(13)2/h4-5,11H,3,6,8-10H2,1-2H3. The number of aryl methyl sites for hydroxylation is 1. The van der Waals surface area contributed by atoms with Crippen LogP contribution in [0.1, 0.15) is 18.9 Å². The van der Waals surface area contributed by atoms with Crippen molar-refractivity contribution >= 4 is 21.6 Å². The number of rotatable bonds is 6. The molecule has 4 nitrogen and oxygen atoms in total.